The Labute approximate surface area is 82.1 Å². The number of anilines is 1. The van der Waals surface area contributed by atoms with Crippen molar-refractivity contribution in [1.82, 2.24) is 4.98 Å². The number of pyridine rings is 1. The zero-order chi connectivity index (χ0) is 9.97. The van der Waals surface area contributed by atoms with Gasteiger partial charge in [0.2, 0.25) is 0 Å². The van der Waals surface area contributed by atoms with E-state index in [0.717, 1.165) is 12.8 Å². The van der Waals surface area contributed by atoms with E-state index >= 15 is 0 Å². The van der Waals surface area contributed by atoms with Gasteiger partial charge in [-0.15, -0.1) is 0 Å². The van der Waals surface area contributed by atoms with Gasteiger partial charge in [-0.1, -0.05) is 0 Å². The van der Waals surface area contributed by atoms with Gasteiger partial charge in [0.05, 0.1) is 12.3 Å². The summed E-state index contributed by atoms with van der Waals surface area (Å²) in [6.07, 6.45) is 6.17. The molecule has 1 saturated carbocycles. The van der Waals surface area contributed by atoms with Crippen molar-refractivity contribution in [3.05, 3.63) is 18.1 Å². The molecule has 14 heavy (non-hydrogen) atoms. The highest BCUT2D eigenvalue weighted by atomic mass is 19.1. The van der Waals surface area contributed by atoms with E-state index in [2.05, 4.69) is 4.98 Å². The maximum absolute atomic E-state index is 13.0. The average Bonchev–Trinajstić information content (AvgIpc) is 2.64. The summed E-state index contributed by atoms with van der Waals surface area (Å²) in [5.41, 5.74) is 5.26. The van der Waals surface area contributed by atoms with Gasteiger partial charge in [0.25, 0.3) is 0 Å². The summed E-state index contributed by atoms with van der Waals surface area (Å²) >= 11 is 0. The van der Waals surface area contributed by atoms with E-state index in [-0.39, 0.29) is 11.9 Å². The average molecular weight is 196 g/mol. The van der Waals surface area contributed by atoms with Crippen molar-refractivity contribution in [3.8, 4) is 5.75 Å². The van der Waals surface area contributed by atoms with Crippen molar-refractivity contribution >= 4 is 5.82 Å². The minimum Gasteiger partial charge on any atom is -0.489 e. The maximum Gasteiger partial charge on any atom is 0.168 e. The number of nitrogens with two attached hydrogens (primary N) is 1. The molecule has 76 valence electrons. The van der Waals surface area contributed by atoms with Gasteiger partial charge >= 0.3 is 0 Å². The molecule has 0 saturated heterocycles. The fraction of sp³-hybridized carbons (Fsp3) is 0.500. The highest BCUT2D eigenvalue weighted by Gasteiger charge is 2.16. The molecule has 1 aromatic heterocycles. The van der Waals surface area contributed by atoms with Crippen LogP contribution in [0, 0.1) is 5.82 Å². The Hall–Kier alpha value is -1.32. The monoisotopic (exact) mass is 196 g/mol. The Morgan fingerprint density at radius 2 is 2.14 bits per heavy atom. The number of ether oxygens (including phenoxy) is 1. The largest absolute Gasteiger partial charge is 0.489 e. The Kier molecular flexibility index (Phi) is 2.52. The highest BCUT2D eigenvalue weighted by Crippen LogP contribution is 2.24. The van der Waals surface area contributed by atoms with Crippen molar-refractivity contribution in [2.45, 2.75) is 31.8 Å². The summed E-state index contributed by atoms with van der Waals surface area (Å²) in [5.74, 6) is -0.118. The van der Waals surface area contributed by atoms with Crippen LogP contribution in [-0.4, -0.2) is 11.1 Å². The predicted molar refractivity (Wildman–Crippen MR) is 51.5 cm³/mol. The first-order chi connectivity index (χ1) is 6.75. The van der Waals surface area contributed by atoms with E-state index in [4.69, 9.17) is 10.5 Å². The quantitative estimate of drug-likeness (QED) is 0.788. The van der Waals surface area contributed by atoms with Gasteiger partial charge in [0, 0.05) is 6.07 Å². The summed E-state index contributed by atoms with van der Waals surface area (Å²) in [6.45, 7) is 0. The molecule has 0 aromatic carbocycles. The Bertz CT molecular complexity index is 324. The van der Waals surface area contributed by atoms with Gasteiger partial charge in [0.1, 0.15) is 5.75 Å². The lowest BCUT2D eigenvalue weighted by atomic mass is 10.3. The van der Waals surface area contributed by atoms with Crippen molar-refractivity contribution in [3.63, 3.8) is 0 Å². The van der Waals surface area contributed by atoms with Crippen LogP contribution in [0.1, 0.15) is 25.7 Å². The van der Waals surface area contributed by atoms with Crippen LogP contribution in [0.5, 0.6) is 5.75 Å². The lowest BCUT2D eigenvalue weighted by Gasteiger charge is -2.12. The van der Waals surface area contributed by atoms with Crippen LogP contribution in [-0.2, 0) is 0 Å². The first-order valence-electron chi connectivity index (χ1n) is 4.83. The van der Waals surface area contributed by atoms with E-state index in [1.54, 1.807) is 0 Å². The molecule has 0 aliphatic heterocycles. The molecule has 1 aromatic rings. The van der Waals surface area contributed by atoms with Gasteiger partial charge in [-0.3, -0.25) is 0 Å². The highest BCUT2D eigenvalue weighted by molar-refractivity contribution is 5.34. The molecule has 2 rings (SSSR count). The predicted octanol–water partition coefficient (Wildman–Crippen LogP) is 2.12. The lowest BCUT2D eigenvalue weighted by molar-refractivity contribution is 0.208. The van der Waals surface area contributed by atoms with Crippen LogP contribution < -0.4 is 10.5 Å². The fourth-order valence-corrected chi connectivity index (χ4v) is 1.69. The molecule has 4 heteroatoms. The van der Waals surface area contributed by atoms with E-state index in [0.29, 0.717) is 5.75 Å². The molecule has 1 fully saturated rings. The molecular weight excluding hydrogens is 183 g/mol. The van der Waals surface area contributed by atoms with Crippen LogP contribution in [0.3, 0.4) is 0 Å². The van der Waals surface area contributed by atoms with E-state index in [9.17, 15) is 4.39 Å². The summed E-state index contributed by atoms with van der Waals surface area (Å²) in [5, 5.41) is 0. The Morgan fingerprint density at radius 1 is 1.43 bits per heavy atom. The van der Waals surface area contributed by atoms with E-state index < -0.39 is 5.82 Å². The molecule has 1 heterocycles. The van der Waals surface area contributed by atoms with Crippen LogP contribution in [0.15, 0.2) is 12.3 Å². The van der Waals surface area contributed by atoms with Crippen molar-refractivity contribution < 1.29 is 9.13 Å². The second-order valence-corrected chi connectivity index (χ2v) is 3.56. The molecule has 2 N–H and O–H groups in total. The Morgan fingerprint density at radius 3 is 2.79 bits per heavy atom. The number of hydrogen-bond donors (Lipinski definition) is 1. The molecule has 0 amide bonds. The van der Waals surface area contributed by atoms with Gasteiger partial charge in [-0.2, -0.15) is 0 Å². The van der Waals surface area contributed by atoms with Gasteiger partial charge in [0.15, 0.2) is 11.6 Å². The van der Waals surface area contributed by atoms with Gasteiger partial charge in [-0.05, 0) is 25.7 Å². The van der Waals surface area contributed by atoms with Crippen molar-refractivity contribution in [1.29, 1.82) is 0 Å². The van der Waals surface area contributed by atoms with Gasteiger partial charge < -0.3 is 10.5 Å². The van der Waals surface area contributed by atoms with Crippen LogP contribution in [0.4, 0.5) is 10.2 Å². The number of nitrogens with zero attached hydrogens (tertiary/aromatic N) is 1. The summed E-state index contributed by atoms with van der Waals surface area (Å²) in [6, 6.07) is 1.29. The van der Waals surface area contributed by atoms with Crippen molar-refractivity contribution in [2.24, 2.45) is 0 Å². The van der Waals surface area contributed by atoms with Gasteiger partial charge in [-0.25, -0.2) is 9.37 Å². The minimum absolute atomic E-state index is 0.0798. The normalized spacial score (nSPS) is 17.2. The third-order valence-electron chi connectivity index (χ3n) is 2.45. The summed E-state index contributed by atoms with van der Waals surface area (Å²) < 4.78 is 18.5. The summed E-state index contributed by atoms with van der Waals surface area (Å²) in [4.78, 5) is 3.70. The minimum atomic E-state index is -0.513. The molecule has 0 radical (unpaired) electrons. The zero-order valence-electron chi connectivity index (χ0n) is 7.87. The number of nitrogen functional groups attached to an aromatic ring is 1. The first kappa shape index (κ1) is 9.24. The third kappa shape index (κ3) is 1.95. The molecule has 3 nitrogen and oxygen atoms in total. The third-order valence-corrected chi connectivity index (χ3v) is 2.45. The summed E-state index contributed by atoms with van der Waals surface area (Å²) in [7, 11) is 0. The number of halogens is 1. The molecule has 1 aliphatic carbocycles. The smallest absolute Gasteiger partial charge is 0.168 e. The molecule has 0 atom stereocenters. The lowest BCUT2D eigenvalue weighted by Crippen LogP contribution is -2.11. The molecular formula is C10H13FN2O. The van der Waals surface area contributed by atoms with Crippen LogP contribution in [0.25, 0.3) is 0 Å². The van der Waals surface area contributed by atoms with E-state index in [1.807, 2.05) is 0 Å². The van der Waals surface area contributed by atoms with Crippen LogP contribution in [0.2, 0.25) is 0 Å². The SMILES string of the molecule is Nc1ncc(OC2CCCC2)cc1F. The standard InChI is InChI=1S/C10H13FN2O/c11-9-5-8(6-13-10(9)12)14-7-3-1-2-4-7/h5-7H,1-4H2,(H2,12,13). The second kappa shape index (κ2) is 3.82. The van der Waals surface area contributed by atoms with Crippen molar-refractivity contribution in [2.75, 3.05) is 5.73 Å². The molecule has 0 bridgehead atoms. The fourth-order valence-electron chi connectivity index (χ4n) is 1.69. The molecule has 1 aliphatic rings. The number of hydrogen-bond acceptors (Lipinski definition) is 3. The van der Waals surface area contributed by atoms with E-state index in [1.165, 1.54) is 25.1 Å². The first-order valence-corrected chi connectivity index (χ1v) is 4.83. The molecule has 0 unspecified atom stereocenters. The Balaban J connectivity index is 2.05. The zero-order valence-corrected chi connectivity index (χ0v) is 7.87. The number of rotatable bonds is 2. The second-order valence-electron chi connectivity index (χ2n) is 3.56. The van der Waals surface area contributed by atoms with Crippen LogP contribution >= 0.6 is 0 Å². The number of aromatic nitrogens is 1. The maximum atomic E-state index is 13.0. The molecule has 0 spiro atoms. The topological polar surface area (TPSA) is 48.1 Å².